The molecule has 6 fully saturated rings. The standard InChI is InChI=1S/C31H39FO6/c1-16-10-23-22-7-4-18-12-20(33)8-9-27(18,2)30(22,32)24(34)15-28(23,3)31(16,26(36)37)38-25(35)11-17-13-29-14-19(29)5-6-21(17)29/h8-9,12,16-17,19,21-24,34H,4-7,10-11,13-15H2,1-3H3,(H,36,37)/t16-,17+,19-,21-,22+,23+,24+,27+,28+,29?,30+,31+/m1/s1. The lowest BCUT2D eigenvalue weighted by Gasteiger charge is -2.62. The number of fused-ring (bicyclic) bond motifs is 5. The number of carboxylic acid groups (broad SMARTS) is 1. The van der Waals surface area contributed by atoms with E-state index < -0.39 is 52.0 Å². The Balaban J connectivity index is 1.20. The van der Waals surface area contributed by atoms with Gasteiger partial charge in [-0.2, -0.15) is 0 Å². The number of rotatable bonds is 4. The fraction of sp³-hybridized carbons (Fsp3) is 0.774. The molecule has 0 amide bonds. The number of aliphatic hydroxyl groups excluding tert-OH is 1. The molecule has 0 aromatic rings. The molecule has 0 bridgehead atoms. The van der Waals surface area contributed by atoms with Crippen LogP contribution in [0.4, 0.5) is 4.39 Å². The van der Waals surface area contributed by atoms with Gasteiger partial charge in [0.25, 0.3) is 0 Å². The number of aliphatic carboxylic acids is 1. The SMILES string of the molecule is C[C@@H]1C[C@H]2[C@@H]3CCC4=CC(=O)C=C[C@]4(C)[C@@]3(F)[C@@H](O)C[C@]2(C)[C@@]1(OC(=O)C[C@H]1CC23C[C@H]2CC[C@H]13)C(=O)O. The number of allylic oxidation sites excluding steroid dienone is 4. The number of carboxylic acids is 1. The number of ketones is 1. The molecule has 1 spiro atoms. The molecule has 0 aromatic heterocycles. The molecule has 6 nitrogen and oxygen atoms in total. The number of alkyl halides is 1. The van der Waals surface area contributed by atoms with Crippen molar-refractivity contribution in [3.05, 3.63) is 23.8 Å². The Morgan fingerprint density at radius 2 is 1.87 bits per heavy atom. The number of carbonyl (C=O) groups is 3. The van der Waals surface area contributed by atoms with Crippen molar-refractivity contribution < 1.29 is 33.7 Å². The van der Waals surface area contributed by atoms with Crippen LogP contribution < -0.4 is 0 Å². The van der Waals surface area contributed by atoms with Crippen LogP contribution in [0, 0.1) is 51.8 Å². The van der Waals surface area contributed by atoms with Gasteiger partial charge in [0.2, 0.25) is 5.60 Å². The third-order valence-electron chi connectivity index (χ3n) is 13.3. The summed E-state index contributed by atoms with van der Waals surface area (Å²) >= 11 is 0. The van der Waals surface area contributed by atoms with Crippen molar-refractivity contribution in [1.29, 1.82) is 0 Å². The molecule has 0 aromatic carbocycles. The fourth-order valence-corrected chi connectivity index (χ4v) is 11.4. The molecular formula is C31H39FO6. The molecule has 38 heavy (non-hydrogen) atoms. The number of aliphatic hydroxyl groups is 1. The fourth-order valence-electron chi connectivity index (χ4n) is 11.4. The molecular weight excluding hydrogens is 487 g/mol. The first-order chi connectivity index (χ1) is 17.8. The highest BCUT2D eigenvalue weighted by Crippen LogP contribution is 2.78. The van der Waals surface area contributed by atoms with Crippen LogP contribution in [0.25, 0.3) is 0 Å². The van der Waals surface area contributed by atoms with E-state index in [4.69, 9.17) is 4.74 Å². The number of ether oxygens (including phenoxy) is 1. The lowest BCUT2D eigenvalue weighted by Crippen LogP contribution is -2.69. The Bertz CT molecular complexity index is 1210. The topological polar surface area (TPSA) is 101 Å². The molecule has 7 heteroatoms. The van der Waals surface area contributed by atoms with Gasteiger partial charge in [-0.1, -0.05) is 25.5 Å². The minimum Gasteiger partial charge on any atom is -0.478 e. The summed E-state index contributed by atoms with van der Waals surface area (Å²) in [6.07, 6.45) is 9.22. The van der Waals surface area contributed by atoms with Crippen molar-refractivity contribution in [2.24, 2.45) is 51.8 Å². The molecule has 1 unspecified atom stereocenters. The molecule has 7 rings (SSSR count). The summed E-state index contributed by atoms with van der Waals surface area (Å²) in [5, 5.41) is 22.2. The summed E-state index contributed by atoms with van der Waals surface area (Å²) in [4.78, 5) is 38.6. The summed E-state index contributed by atoms with van der Waals surface area (Å²) < 4.78 is 23.5. The van der Waals surface area contributed by atoms with Crippen LogP contribution in [0.1, 0.15) is 78.6 Å². The zero-order chi connectivity index (χ0) is 27.0. The van der Waals surface area contributed by atoms with Crippen molar-refractivity contribution in [3.8, 4) is 0 Å². The second kappa shape index (κ2) is 7.38. The maximum absolute atomic E-state index is 17.4. The number of hydrogen-bond donors (Lipinski definition) is 2. The number of hydrogen-bond acceptors (Lipinski definition) is 5. The lowest BCUT2D eigenvalue weighted by atomic mass is 9.44. The first-order valence-corrected chi connectivity index (χ1v) is 14.6. The molecule has 7 aliphatic carbocycles. The van der Waals surface area contributed by atoms with Crippen molar-refractivity contribution in [3.63, 3.8) is 0 Å². The van der Waals surface area contributed by atoms with Crippen molar-refractivity contribution in [1.82, 2.24) is 0 Å². The van der Waals surface area contributed by atoms with Crippen molar-refractivity contribution in [2.45, 2.75) is 95.9 Å². The largest absolute Gasteiger partial charge is 0.478 e. The minimum absolute atomic E-state index is 0.115. The second-order valence-corrected chi connectivity index (χ2v) is 14.4. The van der Waals surface area contributed by atoms with Gasteiger partial charge < -0.3 is 14.9 Å². The maximum Gasteiger partial charge on any atom is 0.349 e. The van der Waals surface area contributed by atoms with Crippen LogP contribution in [-0.2, 0) is 19.1 Å². The van der Waals surface area contributed by atoms with E-state index in [2.05, 4.69) is 0 Å². The summed E-state index contributed by atoms with van der Waals surface area (Å²) in [6.45, 7) is 5.35. The molecule has 206 valence electrons. The van der Waals surface area contributed by atoms with Crippen LogP contribution in [0.2, 0.25) is 0 Å². The van der Waals surface area contributed by atoms with E-state index in [1.54, 1.807) is 26.8 Å². The van der Waals surface area contributed by atoms with Crippen LogP contribution >= 0.6 is 0 Å². The van der Waals surface area contributed by atoms with Gasteiger partial charge in [0, 0.05) is 29.1 Å². The molecule has 6 saturated carbocycles. The number of carbonyl (C=O) groups excluding carboxylic acids is 2. The van der Waals surface area contributed by atoms with Crippen molar-refractivity contribution >= 4 is 17.7 Å². The molecule has 2 N–H and O–H groups in total. The Labute approximate surface area is 223 Å². The van der Waals surface area contributed by atoms with E-state index in [9.17, 15) is 24.6 Å². The molecule has 12 atom stereocenters. The highest BCUT2D eigenvalue weighted by Gasteiger charge is 2.78. The summed E-state index contributed by atoms with van der Waals surface area (Å²) in [7, 11) is 0. The van der Waals surface area contributed by atoms with Crippen LogP contribution in [0.3, 0.4) is 0 Å². The number of esters is 1. The van der Waals surface area contributed by atoms with E-state index >= 15 is 4.39 Å². The normalized spacial score (nSPS) is 55.4. The van der Waals surface area contributed by atoms with E-state index in [1.807, 2.05) is 0 Å². The maximum atomic E-state index is 17.4. The summed E-state index contributed by atoms with van der Waals surface area (Å²) in [5.74, 6) is -1.69. The highest BCUT2D eigenvalue weighted by atomic mass is 19.1. The molecule has 0 heterocycles. The first kappa shape index (κ1) is 25.0. The molecule has 0 saturated heterocycles. The quantitative estimate of drug-likeness (QED) is 0.511. The average Bonchev–Trinajstić information content (AvgIpc) is 3.43. The Kier molecular flexibility index (Phi) is 4.85. The molecule has 0 radical (unpaired) electrons. The monoisotopic (exact) mass is 526 g/mol. The second-order valence-electron chi connectivity index (χ2n) is 14.4. The Morgan fingerprint density at radius 3 is 2.55 bits per heavy atom. The van der Waals surface area contributed by atoms with E-state index in [-0.39, 0.29) is 30.5 Å². The smallest absolute Gasteiger partial charge is 0.349 e. The van der Waals surface area contributed by atoms with Crippen LogP contribution in [-0.4, -0.2) is 45.3 Å². The van der Waals surface area contributed by atoms with Gasteiger partial charge in [0.05, 0.1) is 6.10 Å². The van der Waals surface area contributed by atoms with Crippen LogP contribution in [0.5, 0.6) is 0 Å². The molecule has 7 aliphatic rings. The van der Waals surface area contributed by atoms with Gasteiger partial charge in [0.1, 0.15) is 0 Å². The predicted molar refractivity (Wildman–Crippen MR) is 135 cm³/mol. The Hall–Kier alpha value is -2.02. The van der Waals surface area contributed by atoms with Gasteiger partial charge in [0.15, 0.2) is 11.5 Å². The third-order valence-corrected chi connectivity index (χ3v) is 13.3. The van der Waals surface area contributed by atoms with E-state index in [0.29, 0.717) is 36.2 Å². The van der Waals surface area contributed by atoms with E-state index in [0.717, 1.165) is 18.8 Å². The van der Waals surface area contributed by atoms with Gasteiger partial charge in [-0.25, -0.2) is 9.18 Å². The minimum atomic E-state index is -2.04. The lowest BCUT2D eigenvalue weighted by molar-refractivity contribution is -0.235. The van der Waals surface area contributed by atoms with Gasteiger partial charge in [-0.05, 0) is 99.5 Å². The predicted octanol–water partition coefficient (Wildman–Crippen LogP) is 4.80. The van der Waals surface area contributed by atoms with Gasteiger partial charge >= 0.3 is 11.9 Å². The summed E-state index contributed by atoms with van der Waals surface area (Å²) in [6, 6.07) is 0. The first-order valence-electron chi connectivity index (χ1n) is 14.6. The average molecular weight is 527 g/mol. The zero-order valence-corrected chi connectivity index (χ0v) is 22.5. The van der Waals surface area contributed by atoms with Gasteiger partial charge in [-0.3, -0.25) is 9.59 Å². The Morgan fingerprint density at radius 1 is 1.11 bits per heavy atom. The zero-order valence-electron chi connectivity index (χ0n) is 22.5. The molecule has 0 aliphatic heterocycles. The van der Waals surface area contributed by atoms with Crippen LogP contribution in [0.15, 0.2) is 23.8 Å². The van der Waals surface area contributed by atoms with E-state index in [1.165, 1.54) is 25.0 Å². The van der Waals surface area contributed by atoms with Crippen molar-refractivity contribution in [2.75, 3.05) is 0 Å². The summed E-state index contributed by atoms with van der Waals surface area (Å²) in [5.41, 5.74) is -4.95. The highest BCUT2D eigenvalue weighted by molar-refractivity contribution is 6.01. The third kappa shape index (κ3) is 2.66. The number of halogens is 1. The van der Waals surface area contributed by atoms with Gasteiger partial charge in [-0.15, -0.1) is 0 Å².